The van der Waals surface area contributed by atoms with Gasteiger partial charge >= 0.3 is 6.03 Å². The maximum Gasteiger partial charge on any atom is 0.323 e. The van der Waals surface area contributed by atoms with E-state index in [-0.39, 0.29) is 6.03 Å². The van der Waals surface area contributed by atoms with Crippen molar-refractivity contribution in [2.24, 2.45) is 4.36 Å². The second-order valence-corrected chi connectivity index (χ2v) is 10.9. The van der Waals surface area contributed by atoms with E-state index in [9.17, 15) is 13.8 Å². The third kappa shape index (κ3) is 6.80. The number of aromatic nitrogens is 2. The average molecular weight is 504 g/mol. The number of hydrogen-bond acceptors (Lipinski definition) is 5. The quantitative estimate of drug-likeness (QED) is 0.312. The van der Waals surface area contributed by atoms with Gasteiger partial charge in [0.1, 0.15) is 11.5 Å². The van der Waals surface area contributed by atoms with Crippen LogP contribution in [0.15, 0.2) is 83.5 Å². The van der Waals surface area contributed by atoms with Crippen LogP contribution in [0.25, 0.3) is 11.4 Å². The minimum atomic E-state index is -2.54. The molecule has 2 aromatic carbocycles. The van der Waals surface area contributed by atoms with Gasteiger partial charge in [-0.3, -0.25) is 9.78 Å². The molecule has 2 heterocycles. The first kappa shape index (κ1) is 24.7. The number of urea groups is 1. The number of nitrogens with one attached hydrogen (secondary N) is 3. The number of pyridine rings is 1. The fourth-order valence-electron chi connectivity index (χ4n) is 3.30. The molecular formula is C26H25N5O4S. The lowest BCUT2D eigenvalue weighted by atomic mass is 10.2. The molecule has 36 heavy (non-hydrogen) atoms. The molecule has 0 saturated heterocycles. The van der Waals surface area contributed by atoms with E-state index < -0.39 is 15.6 Å². The van der Waals surface area contributed by atoms with Crippen molar-refractivity contribution in [2.75, 3.05) is 23.1 Å². The molecule has 4 rings (SSSR count). The van der Waals surface area contributed by atoms with Crippen molar-refractivity contribution in [3.8, 4) is 22.9 Å². The molecule has 0 aliphatic carbocycles. The summed E-state index contributed by atoms with van der Waals surface area (Å²) < 4.78 is 21.4. The van der Waals surface area contributed by atoms with Crippen LogP contribution in [0, 0.1) is 6.92 Å². The molecule has 0 unspecified atom stereocenters. The van der Waals surface area contributed by atoms with E-state index in [1.807, 2.05) is 31.2 Å². The summed E-state index contributed by atoms with van der Waals surface area (Å²) in [5, 5.41) is 5.58. The van der Waals surface area contributed by atoms with Gasteiger partial charge in [0.15, 0.2) is 0 Å². The van der Waals surface area contributed by atoms with Crippen LogP contribution in [-0.4, -0.2) is 38.6 Å². The van der Waals surface area contributed by atoms with Gasteiger partial charge in [0, 0.05) is 52.1 Å². The van der Waals surface area contributed by atoms with Gasteiger partial charge < -0.3 is 20.4 Å². The first-order chi connectivity index (χ1) is 17.1. The fourth-order valence-corrected chi connectivity index (χ4v) is 3.80. The maximum absolute atomic E-state index is 12.2. The molecule has 2 aromatic heterocycles. The van der Waals surface area contributed by atoms with Crippen LogP contribution in [0.5, 0.6) is 11.5 Å². The highest BCUT2D eigenvalue weighted by Gasteiger charge is 2.12. The summed E-state index contributed by atoms with van der Waals surface area (Å²) in [7, 11) is -2.54. The van der Waals surface area contributed by atoms with Gasteiger partial charge in [0.25, 0.3) is 5.91 Å². The maximum atomic E-state index is 12.2. The molecule has 0 saturated carbocycles. The van der Waals surface area contributed by atoms with Crippen LogP contribution >= 0.6 is 0 Å². The summed E-state index contributed by atoms with van der Waals surface area (Å²) in [4.78, 5) is 31.7. The Morgan fingerprint density at radius 1 is 0.944 bits per heavy atom. The molecule has 0 bridgehead atoms. The minimum Gasteiger partial charge on any atom is -0.457 e. The van der Waals surface area contributed by atoms with E-state index in [4.69, 9.17) is 4.74 Å². The minimum absolute atomic E-state index is 0.295. The Kier molecular flexibility index (Phi) is 7.16. The molecule has 3 amide bonds. The summed E-state index contributed by atoms with van der Waals surface area (Å²) in [5.74, 6) is 0.551. The van der Waals surface area contributed by atoms with Gasteiger partial charge in [0.05, 0.1) is 17.0 Å². The topological polar surface area (TPSA) is 126 Å². The number of ether oxygens (including phenoxy) is 1. The Labute approximate surface area is 209 Å². The number of rotatable bonds is 6. The monoisotopic (exact) mass is 503 g/mol. The van der Waals surface area contributed by atoms with E-state index in [1.54, 1.807) is 48.7 Å². The lowest BCUT2D eigenvalue weighted by molar-refractivity contribution is 0.100. The van der Waals surface area contributed by atoms with Gasteiger partial charge in [-0.15, -0.1) is 0 Å². The van der Waals surface area contributed by atoms with E-state index >= 15 is 0 Å². The summed E-state index contributed by atoms with van der Waals surface area (Å²) in [5.41, 5.74) is 3.83. The van der Waals surface area contributed by atoms with Crippen molar-refractivity contribution in [3.05, 3.63) is 90.3 Å². The van der Waals surface area contributed by atoms with E-state index in [2.05, 4.69) is 25.0 Å². The van der Waals surface area contributed by atoms with Crippen molar-refractivity contribution in [3.63, 3.8) is 0 Å². The molecule has 0 aliphatic rings. The number of nitrogens with zero attached hydrogens (tertiary/aromatic N) is 2. The zero-order valence-electron chi connectivity index (χ0n) is 19.9. The van der Waals surface area contributed by atoms with Crippen molar-refractivity contribution in [2.45, 2.75) is 6.92 Å². The first-order valence-corrected chi connectivity index (χ1v) is 13.3. The number of anilines is 2. The van der Waals surface area contributed by atoms with Crippen LogP contribution < -0.4 is 15.4 Å². The zero-order chi connectivity index (χ0) is 25.7. The lowest BCUT2D eigenvalue weighted by Crippen LogP contribution is -2.19. The predicted molar refractivity (Wildman–Crippen MR) is 141 cm³/mol. The standard InChI is InChI=1S/C26H25N5O4S/c1-17-5-4-6-20(13-17)30-26(33)29-19-7-9-21(10-8-19)35-22-11-12-27-24(15-22)23-14-18(16-28-23)25(32)31-36(2,3)34/h4-16,28H,1-3H3,(H2,29,30,33). The molecule has 0 aliphatic heterocycles. The molecule has 10 heteroatoms. The van der Waals surface area contributed by atoms with Crippen LogP contribution in [0.1, 0.15) is 15.9 Å². The molecule has 0 fully saturated rings. The fraction of sp³-hybridized carbons (Fsp3) is 0.115. The first-order valence-electron chi connectivity index (χ1n) is 10.9. The Bertz CT molecular complexity index is 1530. The molecule has 3 N–H and O–H groups in total. The van der Waals surface area contributed by atoms with Gasteiger partial charge in [-0.2, -0.15) is 4.36 Å². The third-order valence-electron chi connectivity index (χ3n) is 4.86. The number of carbonyl (C=O) groups is 2. The Hall–Kier alpha value is -4.44. The van der Waals surface area contributed by atoms with Crippen molar-refractivity contribution in [1.82, 2.24) is 9.97 Å². The largest absolute Gasteiger partial charge is 0.457 e. The number of amides is 3. The Balaban J connectivity index is 1.40. The highest BCUT2D eigenvalue weighted by molar-refractivity contribution is 7.92. The smallest absolute Gasteiger partial charge is 0.323 e. The van der Waals surface area contributed by atoms with E-state index in [0.29, 0.717) is 39.8 Å². The number of H-pyrrole nitrogens is 1. The van der Waals surface area contributed by atoms with Crippen molar-refractivity contribution in [1.29, 1.82) is 0 Å². The molecule has 0 atom stereocenters. The zero-order valence-corrected chi connectivity index (χ0v) is 20.8. The van der Waals surface area contributed by atoms with E-state index in [0.717, 1.165) is 5.56 Å². The van der Waals surface area contributed by atoms with Gasteiger partial charge in [-0.05, 0) is 61.0 Å². The average Bonchev–Trinajstić information content (AvgIpc) is 3.30. The van der Waals surface area contributed by atoms with Crippen molar-refractivity contribution < 1.29 is 18.5 Å². The Morgan fingerprint density at radius 2 is 1.69 bits per heavy atom. The van der Waals surface area contributed by atoms with Gasteiger partial charge in [0.2, 0.25) is 0 Å². The summed E-state index contributed by atoms with van der Waals surface area (Å²) >= 11 is 0. The summed E-state index contributed by atoms with van der Waals surface area (Å²) in [6.07, 6.45) is 5.91. The molecular weight excluding hydrogens is 478 g/mol. The van der Waals surface area contributed by atoms with Gasteiger partial charge in [-0.25, -0.2) is 9.00 Å². The second-order valence-electron chi connectivity index (χ2n) is 8.33. The van der Waals surface area contributed by atoms with Crippen LogP contribution in [-0.2, 0) is 9.73 Å². The molecule has 9 nitrogen and oxygen atoms in total. The number of carbonyl (C=O) groups excluding carboxylic acids is 2. The molecule has 0 spiro atoms. The van der Waals surface area contributed by atoms with Crippen LogP contribution in [0.2, 0.25) is 0 Å². The highest BCUT2D eigenvalue weighted by Crippen LogP contribution is 2.27. The highest BCUT2D eigenvalue weighted by atomic mass is 32.2. The molecule has 4 aromatic rings. The number of benzene rings is 2. The van der Waals surface area contributed by atoms with Gasteiger partial charge in [-0.1, -0.05) is 12.1 Å². The third-order valence-corrected chi connectivity index (χ3v) is 5.47. The summed E-state index contributed by atoms with van der Waals surface area (Å²) in [6, 6.07) is 19.2. The summed E-state index contributed by atoms with van der Waals surface area (Å²) in [6.45, 7) is 1.96. The molecule has 0 radical (unpaired) electrons. The normalized spacial score (nSPS) is 11.0. The van der Waals surface area contributed by atoms with Crippen LogP contribution in [0.3, 0.4) is 0 Å². The Morgan fingerprint density at radius 3 is 2.42 bits per heavy atom. The number of aromatic amines is 1. The second kappa shape index (κ2) is 10.4. The lowest BCUT2D eigenvalue weighted by Gasteiger charge is -2.10. The number of aryl methyl sites for hydroxylation is 1. The van der Waals surface area contributed by atoms with E-state index in [1.165, 1.54) is 18.7 Å². The van der Waals surface area contributed by atoms with Crippen LogP contribution in [0.4, 0.5) is 16.2 Å². The number of hydrogen-bond donors (Lipinski definition) is 3. The SMILES string of the molecule is Cc1cccc(NC(=O)Nc2ccc(Oc3ccnc(-c4cc(C(=O)N=S(C)(C)=O)c[nH]4)c3)cc2)c1. The van der Waals surface area contributed by atoms with Crippen molar-refractivity contribution >= 4 is 33.0 Å². The predicted octanol–water partition coefficient (Wildman–Crippen LogP) is 5.69. The molecule has 184 valence electrons.